The summed E-state index contributed by atoms with van der Waals surface area (Å²) in [4.78, 5) is 13.7. The summed E-state index contributed by atoms with van der Waals surface area (Å²) in [7, 11) is -3.47. The van der Waals surface area contributed by atoms with Gasteiger partial charge < -0.3 is 10.2 Å². The Bertz CT molecular complexity index is 901. The first kappa shape index (κ1) is 20.5. The summed E-state index contributed by atoms with van der Waals surface area (Å²) < 4.78 is 27.0. The number of anilines is 1. The zero-order valence-electron chi connectivity index (χ0n) is 16.4. The molecule has 1 heterocycles. The molecule has 1 saturated heterocycles. The van der Waals surface area contributed by atoms with Crippen LogP contribution in [0.2, 0.25) is 0 Å². The molecule has 150 valence electrons. The Balaban J connectivity index is 1.51. The van der Waals surface area contributed by atoms with Gasteiger partial charge in [-0.2, -0.15) is 4.31 Å². The van der Waals surface area contributed by atoms with E-state index in [0.29, 0.717) is 37.6 Å². The number of sulfonamides is 1. The van der Waals surface area contributed by atoms with Crippen LogP contribution in [0.4, 0.5) is 5.69 Å². The fourth-order valence-corrected chi connectivity index (χ4v) is 4.78. The van der Waals surface area contributed by atoms with Crippen molar-refractivity contribution in [2.75, 3.05) is 38.0 Å². The summed E-state index contributed by atoms with van der Waals surface area (Å²) in [6, 6.07) is 14.8. The molecule has 0 saturated carbocycles. The highest BCUT2D eigenvalue weighted by Gasteiger charge is 2.31. The lowest BCUT2D eigenvalue weighted by atomic mass is 10.1. The number of carbonyl (C=O) groups excluding carboxylic acids is 1. The predicted octanol–water partition coefficient (Wildman–Crippen LogP) is 1.09. The van der Waals surface area contributed by atoms with Crippen molar-refractivity contribution in [1.29, 1.82) is 0 Å². The van der Waals surface area contributed by atoms with Gasteiger partial charge in [-0.05, 0) is 43.2 Å². The minimum absolute atomic E-state index is 0.0471. The van der Waals surface area contributed by atoms with E-state index in [1.54, 1.807) is 12.1 Å². The zero-order valence-corrected chi connectivity index (χ0v) is 17.3. The monoisotopic (exact) mass is 402 g/mol. The Kier molecular flexibility index (Phi) is 6.49. The molecule has 2 aromatic carbocycles. The van der Waals surface area contributed by atoms with Crippen LogP contribution in [0, 0.1) is 6.92 Å². The molecule has 0 spiro atoms. The molecule has 0 bridgehead atoms. The van der Waals surface area contributed by atoms with Crippen molar-refractivity contribution in [3.63, 3.8) is 0 Å². The SMILES string of the molecule is CCc1ccc(NC(=O)C[NH+]2CCN(S(=O)(=O)c3ccc(C)cc3)CC2)cc1. The van der Waals surface area contributed by atoms with E-state index in [1.165, 1.54) is 9.87 Å². The lowest BCUT2D eigenvalue weighted by Crippen LogP contribution is -3.15. The average Bonchev–Trinajstić information content (AvgIpc) is 2.69. The van der Waals surface area contributed by atoms with E-state index in [2.05, 4.69) is 12.2 Å². The van der Waals surface area contributed by atoms with Crippen LogP contribution in [0.3, 0.4) is 0 Å². The molecule has 1 aliphatic rings. The number of nitrogens with zero attached hydrogens (tertiary/aromatic N) is 1. The largest absolute Gasteiger partial charge is 0.325 e. The van der Waals surface area contributed by atoms with Gasteiger partial charge in [0.15, 0.2) is 6.54 Å². The maximum atomic E-state index is 12.8. The summed E-state index contributed by atoms with van der Waals surface area (Å²) in [6.07, 6.45) is 0.966. The van der Waals surface area contributed by atoms with E-state index in [-0.39, 0.29) is 5.91 Å². The molecule has 6 nitrogen and oxygen atoms in total. The number of nitrogens with one attached hydrogen (secondary N) is 2. The highest BCUT2D eigenvalue weighted by atomic mass is 32.2. The van der Waals surface area contributed by atoms with E-state index in [1.807, 2.05) is 43.3 Å². The van der Waals surface area contributed by atoms with Crippen molar-refractivity contribution in [3.05, 3.63) is 59.7 Å². The van der Waals surface area contributed by atoms with Crippen molar-refractivity contribution < 1.29 is 18.1 Å². The lowest BCUT2D eigenvalue weighted by Gasteiger charge is -2.31. The lowest BCUT2D eigenvalue weighted by molar-refractivity contribution is -0.895. The van der Waals surface area contributed by atoms with Crippen LogP contribution in [0.25, 0.3) is 0 Å². The van der Waals surface area contributed by atoms with E-state index < -0.39 is 10.0 Å². The molecule has 0 aliphatic carbocycles. The third-order valence-electron chi connectivity index (χ3n) is 5.14. The van der Waals surface area contributed by atoms with Crippen molar-refractivity contribution in [2.45, 2.75) is 25.2 Å². The number of aryl methyl sites for hydroxylation is 2. The van der Waals surface area contributed by atoms with Gasteiger partial charge in [0.2, 0.25) is 10.0 Å². The molecule has 0 atom stereocenters. The number of hydrogen-bond acceptors (Lipinski definition) is 3. The molecule has 3 rings (SSSR count). The van der Waals surface area contributed by atoms with Gasteiger partial charge in [0, 0.05) is 5.69 Å². The highest BCUT2D eigenvalue weighted by Crippen LogP contribution is 2.16. The first-order chi connectivity index (χ1) is 13.4. The van der Waals surface area contributed by atoms with Crippen LogP contribution < -0.4 is 10.2 Å². The molecule has 2 aromatic rings. The Morgan fingerprint density at radius 1 is 1.04 bits per heavy atom. The Morgan fingerprint density at radius 3 is 2.21 bits per heavy atom. The smallest absolute Gasteiger partial charge is 0.279 e. The first-order valence-electron chi connectivity index (χ1n) is 9.67. The highest BCUT2D eigenvalue weighted by molar-refractivity contribution is 7.89. The Labute approximate surface area is 167 Å². The minimum atomic E-state index is -3.47. The predicted molar refractivity (Wildman–Crippen MR) is 110 cm³/mol. The van der Waals surface area contributed by atoms with Crippen LogP contribution in [-0.4, -0.2) is 51.4 Å². The first-order valence-corrected chi connectivity index (χ1v) is 11.1. The molecule has 7 heteroatoms. The fraction of sp³-hybridized carbons (Fsp3) is 0.381. The molecule has 2 N–H and O–H groups in total. The van der Waals surface area contributed by atoms with Crippen molar-refractivity contribution >= 4 is 21.6 Å². The van der Waals surface area contributed by atoms with E-state index in [9.17, 15) is 13.2 Å². The number of amides is 1. The standard InChI is InChI=1S/C21H27N3O3S/c1-3-18-6-8-19(9-7-18)22-21(25)16-23-12-14-24(15-13-23)28(26,27)20-10-4-17(2)5-11-20/h4-11H,3,12-16H2,1-2H3,(H,22,25)/p+1. The number of rotatable bonds is 6. The molecule has 1 amide bonds. The van der Waals surface area contributed by atoms with Gasteiger partial charge in [0.05, 0.1) is 31.1 Å². The molecule has 1 fully saturated rings. The topological polar surface area (TPSA) is 70.9 Å². The fourth-order valence-electron chi connectivity index (χ4n) is 3.33. The molecule has 28 heavy (non-hydrogen) atoms. The maximum Gasteiger partial charge on any atom is 0.279 e. The van der Waals surface area contributed by atoms with E-state index in [4.69, 9.17) is 0 Å². The number of quaternary nitrogens is 1. The van der Waals surface area contributed by atoms with Crippen LogP contribution >= 0.6 is 0 Å². The molecule has 0 radical (unpaired) electrons. The Morgan fingerprint density at radius 2 is 1.64 bits per heavy atom. The van der Waals surface area contributed by atoms with Gasteiger partial charge in [-0.1, -0.05) is 36.8 Å². The number of hydrogen-bond donors (Lipinski definition) is 2. The van der Waals surface area contributed by atoms with Gasteiger partial charge in [-0.25, -0.2) is 8.42 Å². The van der Waals surface area contributed by atoms with Crippen molar-refractivity contribution in [3.8, 4) is 0 Å². The second-order valence-corrected chi connectivity index (χ2v) is 9.18. The minimum Gasteiger partial charge on any atom is -0.325 e. The molecular weight excluding hydrogens is 374 g/mol. The molecule has 0 aromatic heterocycles. The van der Waals surface area contributed by atoms with Crippen LogP contribution in [0.5, 0.6) is 0 Å². The van der Waals surface area contributed by atoms with Gasteiger partial charge >= 0.3 is 0 Å². The quantitative estimate of drug-likeness (QED) is 0.760. The average molecular weight is 403 g/mol. The Hall–Kier alpha value is -2.22. The van der Waals surface area contributed by atoms with Gasteiger partial charge in [0.1, 0.15) is 0 Å². The summed E-state index contributed by atoms with van der Waals surface area (Å²) >= 11 is 0. The molecular formula is C21H28N3O3S+. The molecule has 1 aliphatic heterocycles. The summed E-state index contributed by atoms with van der Waals surface area (Å²) in [5.74, 6) is -0.0471. The van der Waals surface area contributed by atoms with Crippen molar-refractivity contribution in [2.24, 2.45) is 0 Å². The normalized spacial score (nSPS) is 16.1. The van der Waals surface area contributed by atoms with E-state index >= 15 is 0 Å². The number of benzene rings is 2. The van der Waals surface area contributed by atoms with Crippen LogP contribution in [-0.2, 0) is 21.2 Å². The second-order valence-electron chi connectivity index (χ2n) is 7.24. The maximum absolute atomic E-state index is 12.8. The summed E-state index contributed by atoms with van der Waals surface area (Å²) in [5, 5.41) is 2.92. The van der Waals surface area contributed by atoms with Gasteiger partial charge in [0.25, 0.3) is 5.91 Å². The van der Waals surface area contributed by atoms with Crippen molar-refractivity contribution in [1.82, 2.24) is 4.31 Å². The number of piperazine rings is 1. The summed E-state index contributed by atoms with van der Waals surface area (Å²) in [6.45, 7) is 6.44. The summed E-state index contributed by atoms with van der Waals surface area (Å²) in [5.41, 5.74) is 3.06. The molecule has 0 unspecified atom stereocenters. The third-order valence-corrected chi connectivity index (χ3v) is 7.06. The zero-order chi connectivity index (χ0) is 20.1. The third kappa shape index (κ3) is 4.98. The van der Waals surface area contributed by atoms with E-state index in [0.717, 1.165) is 22.6 Å². The van der Waals surface area contributed by atoms with Crippen LogP contribution in [0.15, 0.2) is 53.4 Å². The second kappa shape index (κ2) is 8.86. The van der Waals surface area contributed by atoms with Gasteiger partial charge in [-0.3, -0.25) is 4.79 Å². The van der Waals surface area contributed by atoms with Crippen LogP contribution in [0.1, 0.15) is 18.1 Å². The number of carbonyl (C=O) groups is 1. The van der Waals surface area contributed by atoms with Gasteiger partial charge in [-0.15, -0.1) is 0 Å².